The van der Waals surface area contributed by atoms with Crippen LogP contribution < -0.4 is 4.74 Å². The zero-order valence-electron chi connectivity index (χ0n) is 11.1. The first-order valence-electron chi connectivity index (χ1n) is 5.82. The van der Waals surface area contributed by atoms with Gasteiger partial charge in [0.25, 0.3) is 0 Å². The molecule has 2 unspecified atom stereocenters. The minimum absolute atomic E-state index is 0.0499. The number of aliphatic hydroxyl groups excluding tert-OH is 2. The van der Waals surface area contributed by atoms with Gasteiger partial charge in [0.05, 0.1) is 17.6 Å². The lowest BCUT2D eigenvalue weighted by molar-refractivity contribution is -0.386. The molecule has 8 heteroatoms. The molecule has 7 nitrogen and oxygen atoms in total. The van der Waals surface area contributed by atoms with Crippen LogP contribution in [0.15, 0.2) is 16.6 Å². The van der Waals surface area contributed by atoms with Gasteiger partial charge in [0.15, 0.2) is 0 Å². The fraction of sp³-hybridized carbons (Fsp3) is 0.500. The molecule has 0 aliphatic carbocycles. The number of benzene rings is 1. The summed E-state index contributed by atoms with van der Waals surface area (Å²) >= 11 is 3.15. The van der Waals surface area contributed by atoms with Crippen molar-refractivity contribution in [2.45, 2.75) is 19.1 Å². The molecule has 0 amide bonds. The molecule has 1 rings (SSSR count). The quantitative estimate of drug-likeness (QED) is 0.574. The van der Waals surface area contributed by atoms with E-state index in [9.17, 15) is 20.3 Å². The van der Waals surface area contributed by atoms with Crippen LogP contribution in [-0.4, -0.2) is 41.6 Å². The number of nitrogens with zero attached hydrogens (tertiary/aromatic N) is 1. The number of nitro groups is 1. The molecular formula is C12H16BrNO6. The third kappa shape index (κ3) is 4.41. The third-order valence-electron chi connectivity index (χ3n) is 2.49. The van der Waals surface area contributed by atoms with Crippen molar-refractivity contribution in [1.82, 2.24) is 0 Å². The molecule has 112 valence electrons. The topological polar surface area (TPSA) is 102 Å². The van der Waals surface area contributed by atoms with E-state index in [2.05, 4.69) is 15.9 Å². The summed E-state index contributed by atoms with van der Waals surface area (Å²) in [5.74, 6) is -0.0525. The van der Waals surface area contributed by atoms with E-state index in [-0.39, 0.29) is 30.2 Å². The molecule has 0 spiro atoms. The molecule has 20 heavy (non-hydrogen) atoms. The molecule has 1 aromatic carbocycles. The normalized spacial score (nSPS) is 13.8. The maximum Gasteiger partial charge on any atom is 0.312 e. The lowest BCUT2D eigenvalue weighted by atomic mass is 10.1. The van der Waals surface area contributed by atoms with Gasteiger partial charge in [-0.1, -0.05) is 15.9 Å². The van der Waals surface area contributed by atoms with Gasteiger partial charge < -0.3 is 19.7 Å². The molecule has 1 aromatic rings. The Hall–Kier alpha value is -1.22. The Labute approximate surface area is 124 Å². The predicted octanol–water partition coefficient (Wildman–Crippen LogP) is 1.80. The summed E-state index contributed by atoms with van der Waals surface area (Å²) in [6.07, 6.45) is -1.86. The predicted molar refractivity (Wildman–Crippen MR) is 74.8 cm³/mol. The van der Waals surface area contributed by atoms with Gasteiger partial charge in [0.2, 0.25) is 5.75 Å². The van der Waals surface area contributed by atoms with Gasteiger partial charge in [0, 0.05) is 23.2 Å². The Morgan fingerprint density at radius 2 is 2.05 bits per heavy atom. The standard InChI is InChI=1S/C12H16BrNO6/c1-7(15)10-3-8(13)4-11(14(17)18)12(10)20-6-9(16)5-19-2/h3-4,7,9,15-16H,5-6H2,1-2H3. The van der Waals surface area contributed by atoms with E-state index in [0.29, 0.717) is 4.47 Å². The number of ether oxygens (including phenoxy) is 2. The Bertz CT molecular complexity index is 479. The van der Waals surface area contributed by atoms with Crippen molar-refractivity contribution < 1.29 is 24.6 Å². The minimum Gasteiger partial charge on any atom is -0.484 e. The lowest BCUT2D eigenvalue weighted by Crippen LogP contribution is -2.23. The summed E-state index contributed by atoms with van der Waals surface area (Å²) in [4.78, 5) is 10.5. The summed E-state index contributed by atoms with van der Waals surface area (Å²) in [5, 5.41) is 30.3. The van der Waals surface area contributed by atoms with Gasteiger partial charge in [-0.3, -0.25) is 10.1 Å². The van der Waals surface area contributed by atoms with Crippen LogP contribution >= 0.6 is 15.9 Å². The fourth-order valence-corrected chi connectivity index (χ4v) is 2.09. The van der Waals surface area contributed by atoms with Gasteiger partial charge in [-0.15, -0.1) is 0 Å². The van der Waals surface area contributed by atoms with E-state index >= 15 is 0 Å². The zero-order valence-corrected chi connectivity index (χ0v) is 12.7. The molecule has 0 aliphatic rings. The molecular weight excluding hydrogens is 334 g/mol. The van der Waals surface area contributed by atoms with Crippen molar-refractivity contribution >= 4 is 21.6 Å². The maximum absolute atomic E-state index is 11.1. The van der Waals surface area contributed by atoms with Crippen molar-refractivity contribution in [3.8, 4) is 5.75 Å². The minimum atomic E-state index is -0.944. The van der Waals surface area contributed by atoms with Gasteiger partial charge in [0.1, 0.15) is 12.7 Å². The number of aliphatic hydroxyl groups is 2. The van der Waals surface area contributed by atoms with E-state index in [4.69, 9.17) is 9.47 Å². The summed E-state index contributed by atoms with van der Waals surface area (Å²) < 4.78 is 10.5. The van der Waals surface area contributed by atoms with E-state index in [0.717, 1.165) is 0 Å². The second-order valence-corrected chi connectivity index (χ2v) is 5.11. The highest BCUT2D eigenvalue weighted by Crippen LogP contribution is 2.37. The molecule has 0 radical (unpaired) electrons. The average molecular weight is 350 g/mol. The molecule has 2 N–H and O–H groups in total. The Morgan fingerprint density at radius 3 is 2.55 bits per heavy atom. The summed E-state index contributed by atoms with van der Waals surface area (Å²) in [5.41, 5.74) is -0.00409. The average Bonchev–Trinajstić information content (AvgIpc) is 2.36. The second kappa shape index (κ2) is 7.53. The summed E-state index contributed by atoms with van der Waals surface area (Å²) in [6.45, 7) is 1.36. The van der Waals surface area contributed by atoms with Crippen LogP contribution in [0.2, 0.25) is 0 Å². The van der Waals surface area contributed by atoms with Crippen LogP contribution in [0.5, 0.6) is 5.75 Å². The summed E-state index contributed by atoms with van der Waals surface area (Å²) in [7, 11) is 1.42. The van der Waals surface area contributed by atoms with E-state index in [1.54, 1.807) is 0 Å². The zero-order chi connectivity index (χ0) is 15.3. The highest BCUT2D eigenvalue weighted by Gasteiger charge is 2.24. The number of nitro benzene ring substituents is 1. The highest BCUT2D eigenvalue weighted by atomic mass is 79.9. The number of hydrogen-bond donors (Lipinski definition) is 2. The van der Waals surface area contributed by atoms with Crippen molar-refractivity contribution in [1.29, 1.82) is 0 Å². The smallest absolute Gasteiger partial charge is 0.312 e. The van der Waals surface area contributed by atoms with Crippen molar-refractivity contribution in [3.05, 3.63) is 32.3 Å². The molecule has 0 saturated carbocycles. The van der Waals surface area contributed by atoms with Crippen molar-refractivity contribution in [3.63, 3.8) is 0 Å². The molecule has 0 saturated heterocycles. The molecule has 0 fully saturated rings. The van der Waals surface area contributed by atoms with E-state index in [1.165, 1.54) is 26.2 Å². The lowest BCUT2D eigenvalue weighted by Gasteiger charge is -2.16. The Balaban J connectivity index is 3.10. The Kier molecular flexibility index (Phi) is 6.34. The first kappa shape index (κ1) is 16.8. The second-order valence-electron chi connectivity index (χ2n) is 4.20. The SMILES string of the molecule is COCC(O)COc1c(C(C)O)cc(Br)cc1[N+](=O)[O-]. The van der Waals surface area contributed by atoms with Crippen LogP contribution in [0.1, 0.15) is 18.6 Å². The highest BCUT2D eigenvalue weighted by molar-refractivity contribution is 9.10. The molecule has 0 aromatic heterocycles. The first-order valence-corrected chi connectivity index (χ1v) is 6.61. The van der Waals surface area contributed by atoms with Crippen LogP contribution in [-0.2, 0) is 4.74 Å². The molecule has 0 aliphatic heterocycles. The Morgan fingerprint density at radius 1 is 1.40 bits per heavy atom. The van der Waals surface area contributed by atoms with Crippen LogP contribution in [0.25, 0.3) is 0 Å². The first-order chi connectivity index (χ1) is 9.36. The summed E-state index contributed by atoms with van der Waals surface area (Å²) in [6, 6.07) is 2.82. The van der Waals surface area contributed by atoms with Gasteiger partial charge in [-0.2, -0.15) is 0 Å². The van der Waals surface area contributed by atoms with Crippen molar-refractivity contribution in [2.75, 3.05) is 20.3 Å². The van der Waals surface area contributed by atoms with Crippen LogP contribution in [0, 0.1) is 10.1 Å². The largest absolute Gasteiger partial charge is 0.484 e. The number of halogens is 1. The van der Waals surface area contributed by atoms with Gasteiger partial charge in [-0.25, -0.2) is 0 Å². The van der Waals surface area contributed by atoms with Gasteiger partial charge >= 0.3 is 5.69 Å². The number of rotatable bonds is 7. The number of hydrogen-bond acceptors (Lipinski definition) is 6. The monoisotopic (exact) mass is 349 g/mol. The maximum atomic E-state index is 11.1. The molecule has 0 heterocycles. The van der Waals surface area contributed by atoms with Crippen LogP contribution in [0.4, 0.5) is 5.69 Å². The fourth-order valence-electron chi connectivity index (χ4n) is 1.62. The molecule has 2 atom stereocenters. The van der Waals surface area contributed by atoms with E-state index in [1.807, 2.05) is 0 Å². The molecule has 0 bridgehead atoms. The van der Waals surface area contributed by atoms with Crippen LogP contribution in [0.3, 0.4) is 0 Å². The van der Waals surface area contributed by atoms with Crippen molar-refractivity contribution in [2.24, 2.45) is 0 Å². The van der Waals surface area contributed by atoms with Gasteiger partial charge in [-0.05, 0) is 13.0 Å². The third-order valence-corrected chi connectivity index (χ3v) is 2.95. The number of methoxy groups -OCH3 is 1. The van der Waals surface area contributed by atoms with E-state index < -0.39 is 17.1 Å².